The molecule has 0 fully saturated rings. The van der Waals surface area contributed by atoms with E-state index in [0.717, 1.165) is 12.8 Å². The highest BCUT2D eigenvalue weighted by Gasteiger charge is 2.28. The number of unbranched alkanes of at least 4 members (excludes halogenated alkanes) is 7. The van der Waals surface area contributed by atoms with E-state index >= 15 is 0 Å². The minimum atomic E-state index is -0.419. The van der Waals surface area contributed by atoms with E-state index in [9.17, 15) is 4.79 Å². The smallest absolute Gasteiger partial charge is 0.311 e. The van der Waals surface area contributed by atoms with Gasteiger partial charge < -0.3 is 9.84 Å². The molecule has 0 aromatic heterocycles. The van der Waals surface area contributed by atoms with E-state index in [2.05, 4.69) is 6.92 Å². The Morgan fingerprint density at radius 2 is 1.53 bits per heavy atom. The summed E-state index contributed by atoms with van der Waals surface area (Å²) >= 11 is 0. The summed E-state index contributed by atoms with van der Waals surface area (Å²) in [6, 6.07) is 0. The molecule has 1 N–H and O–H groups in total. The Morgan fingerprint density at radius 1 is 1.00 bits per heavy atom. The van der Waals surface area contributed by atoms with Gasteiger partial charge in [0.05, 0.1) is 12.0 Å². The van der Waals surface area contributed by atoms with E-state index in [4.69, 9.17) is 9.84 Å². The monoisotopic (exact) mass is 272 g/mol. The van der Waals surface area contributed by atoms with Gasteiger partial charge in [0.15, 0.2) is 0 Å². The largest absolute Gasteiger partial charge is 0.463 e. The molecule has 0 unspecified atom stereocenters. The maximum absolute atomic E-state index is 11.7. The number of aliphatic hydroxyl groups is 1. The van der Waals surface area contributed by atoms with Crippen LogP contribution in [-0.4, -0.2) is 24.3 Å². The molecule has 0 saturated heterocycles. The molecule has 0 bridgehead atoms. The summed E-state index contributed by atoms with van der Waals surface area (Å²) in [7, 11) is 0. The Morgan fingerprint density at radius 3 is 2.05 bits per heavy atom. The van der Waals surface area contributed by atoms with Crippen LogP contribution in [0, 0.1) is 5.41 Å². The number of rotatable bonds is 12. The summed E-state index contributed by atoms with van der Waals surface area (Å²) in [6.45, 7) is 6.10. The molecule has 0 aromatic rings. The predicted molar refractivity (Wildman–Crippen MR) is 79.1 cm³/mol. The first kappa shape index (κ1) is 18.4. The summed E-state index contributed by atoms with van der Waals surface area (Å²) in [4.78, 5) is 11.7. The molecule has 0 heterocycles. The molecule has 114 valence electrons. The third kappa shape index (κ3) is 9.94. The quantitative estimate of drug-likeness (QED) is 0.430. The first-order valence-corrected chi connectivity index (χ1v) is 7.82. The van der Waals surface area contributed by atoms with Crippen molar-refractivity contribution < 1.29 is 14.6 Å². The van der Waals surface area contributed by atoms with Crippen molar-refractivity contribution in [3.8, 4) is 0 Å². The number of hydrogen-bond acceptors (Lipinski definition) is 3. The van der Waals surface area contributed by atoms with Crippen molar-refractivity contribution in [2.75, 3.05) is 13.2 Å². The van der Waals surface area contributed by atoms with Gasteiger partial charge in [-0.2, -0.15) is 0 Å². The standard InChI is InChI=1S/C16H32O3/c1-4-5-6-7-8-9-10-11-12-16(2,3)15(18)19-14-13-17/h17H,4-14H2,1-3H3. The van der Waals surface area contributed by atoms with Gasteiger partial charge in [-0.1, -0.05) is 58.3 Å². The summed E-state index contributed by atoms with van der Waals surface area (Å²) in [5, 5.41) is 8.64. The molecular weight excluding hydrogens is 240 g/mol. The Labute approximate surface area is 118 Å². The van der Waals surface area contributed by atoms with Crippen molar-refractivity contribution in [3.05, 3.63) is 0 Å². The van der Waals surface area contributed by atoms with Crippen LogP contribution < -0.4 is 0 Å². The molecule has 0 spiro atoms. The lowest BCUT2D eigenvalue weighted by molar-refractivity contribution is -0.155. The fourth-order valence-electron chi connectivity index (χ4n) is 2.14. The first-order valence-electron chi connectivity index (χ1n) is 7.82. The zero-order valence-corrected chi connectivity index (χ0v) is 13.0. The van der Waals surface area contributed by atoms with Gasteiger partial charge in [0, 0.05) is 0 Å². The van der Waals surface area contributed by atoms with Crippen molar-refractivity contribution in [2.45, 2.75) is 78.6 Å². The van der Waals surface area contributed by atoms with Gasteiger partial charge in [-0.25, -0.2) is 0 Å². The van der Waals surface area contributed by atoms with Crippen LogP contribution in [0.2, 0.25) is 0 Å². The van der Waals surface area contributed by atoms with Crippen molar-refractivity contribution in [1.29, 1.82) is 0 Å². The fraction of sp³-hybridized carbons (Fsp3) is 0.938. The second-order valence-electron chi connectivity index (χ2n) is 5.97. The van der Waals surface area contributed by atoms with E-state index < -0.39 is 5.41 Å². The van der Waals surface area contributed by atoms with Crippen LogP contribution in [0.1, 0.15) is 78.6 Å². The Balaban J connectivity index is 3.55. The van der Waals surface area contributed by atoms with Crippen LogP contribution in [0.15, 0.2) is 0 Å². The van der Waals surface area contributed by atoms with Gasteiger partial charge in [0.1, 0.15) is 6.61 Å². The third-order valence-electron chi connectivity index (χ3n) is 3.53. The second kappa shape index (κ2) is 11.3. The average molecular weight is 272 g/mol. The average Bonchev–Trinajstić information content (AvgIpc) is 2.38. The lowest BCUT2D eigenvalue weighted by atomic mass is 9.87. The molecule has 0 aliphatic carbocycles. The van der Waals surface area contributed by atoms with Gasteiger partial charge in [0.25, 0.3) is 0 Å². The van der Waals surface area contributed by atoms with Gasteiger partial charge in [-0.3, -0.25) is 4.79 Å². The molecule has 0 aromatic carbocycles. The van der Waals surface area contributed by atoms with Crippen LogP contribution in [0.3, 0.4) is 0 Å². The Kier molecular flexibility index (Phi) is 10.9. The first-order chi connectivity index (χ1) is 9.04. The number of carbonyl (C=O) groups excluding carboxylic acids is 1. The van der Waals surface area contributed by atoms with Gasteiger partial charge in [0.2, 0.25) is 0 Å². The van der Waals surface area contributed by atoms with E-state index in [1.807, 2.05) is 13.8 Å². The fourth-order valence-corrected chi connectivity index (χ4v) is 2.14. The maximum Gasteiger partial charge on any atom is 0.311 e. The van der Waals surface area contributed by atoms with Crippen LogP contribution in [0.4, 0.5) is 0 Å². The van der Waals surface area contributed by atoms with E-state index in [1.54, 1.807) is 0 Å². The van der Waals surface area contributed by atoms with Gasteiger partial charge >= 0.3 is 5.97 Å². The normalized spacial score (nSPS) is 11.6. The summed E-state index contributed by atoms with van der Waals surface area (Å²) in [6.07, 6.45) is 11.1. The predicted octanol–water partition coefficient (Wildman–Crippen LogP) is 4.08. The molecule has 0 aliphatic heterocycles. The van der Waals surface area contributed by atoms with Gasteiger partial charge in [-0.15, -0.1) is 0 Å². The van der Waals surface area contributed by atoms with Crippen molar-refractivity contribution in [2.24, 2.45) is 5.41 Å². The molecule has 19 heavy (non-hydrogen) atoms. The Hall–Kier alpha value is -0.570. The van der Waals surface area contributed by atoms with Crippen LogP contribution >= 0.6 is 0 Å². The molecule has 3 nitrogen and oxygen atoms in total. The number of esters is 1. The highest BCUT2D eigenvalue weighted by atomic mass is 16.5. The molecule has 0 atom stereocenters. The minimum Gasteiger partial charge on any atom is -0.463 e. The molecule has 0 radical (unpaired) electrons. The molecular formula is C16H32O3. The molecule has 3 heteroatoms. The van der Waals surface area contributed by atoms with E-state index in [1.165, 1.54) is 44.9 Å². The SMILES string of the molecule is CCCCCCCCCCC(C)(C)C(=O)OCCO. The summed E-state index contributed by atoms with van der Waals surface area (Å²) in [5.74, 6) is -0.190. The highest BCUT2D eigenvalue weighted by Crippen LogP contribution is 2.25. The van der Waals surface area contributed by atoms with Crippen molar-refractivity contribution >= 4 is 5.97 Å². The zero-order valence-electron chi connectivity index (χ0n) is 13.0. The van der Waals surface area contributed by atoms with Gasteiger partial charge in [-0.05, 0) is 20.3 Å². The Bertz CT molecular complexity index is 224. The topological polar surface area (TPSA) is 46.5 Å². The number of aliphatic hydroxyl groups excluding tert-OH is 1. The number of ether oxygens (including phenoxy) is 1. The minimum absolute atomic E-state index is 0.0976. The van der Waals surface area contributed by atoms with Crippen LogP contribution in [0.5, 0.6) is 0 Å². The lowest BCUT2D eigenvalue weighted by Gasteiger charge is -2.22. The second-order valence-corrected chi connectivity index (χ2v) is 5.97. The molecule has 0 rings (SSSR count). The molecule has 0 aliphatic rings. The molecule has 0 saturated carbocycles. The highest BCUT2D eigenvalue weighted by molar-refractivity contribution is 5.75. The maximum atomic E-state index is 11.7. The van der Waals surface area contributed by atoms with Crippen molar-refractivity contribution in [3.63, 3.8) is 0 Å². The summed E-state index contributed by atoms with van der Waals surface area (Å²) < 4.78 is 4.99. The zero-order chi connectivity index (χ0) is 14.6. The van der Waals surface area contributed by atoms with E-state index in [0.29, 0.717) is 0 Å². The van der Waals surface area contributed by atoms with E-state index in [-0.39, 0.29) is 19.2 Å². The molecule has 0 amide bonds. The lowest BCUT2D eigenvalue weighted by Crippen LogP contribution is -2.27. The van der Waals surface area contributed by atoms with Crippen LogP contribution in [0.25, 0.3) is 0 Å². The summed E-state index contributed by atoms with van der Waals surface area (Å²) in [5.41, 5.74) is -0.419. The number of carbonyl (C=O) groups is 1. The number of hydrogen-bond donors (Lipinski definition) is 1. The van der Waals surface area contributed by atoms with Crippen LogP contribution in [-0.2, 0) is 9.53 Å². The van der Waals surface area contributed by atoms with Crippen molar-refractivity contribution in [1.82, 2.24) is 0 Å². The third-order valence-corrected chi connectivity index (χ3v) is 3.53.